The molecule has 0 amide bonds. The maximum Gasteiger partial charge on any atom is 0.344 e. The van der Waals surface area contributed by atoms with E-state index in [0.717, 1.165) is 0 Å². The number of carbonyl (C=O) groups excluding carboxylic acids is 2. The van der Waals surface area contributed by atoms with Gasteiger partial charge >= 0.3 is 5.97 Å². The first-order valence-electron chi connectivity index (χ1n) is 6.47. The number of hydrogen-bond acceptors (Lipinski definition) is 5. The molecule has 0 atom stereocenters. The van der Waals surface area contributed by atoms with E-state index in [2.05, 4.69) is 0 Å². The molecule has 0 aliphatic rings. The molecule has 6 heteroatoms. The first-order chi connectivity index (χ1) is 10.4. The Kier molecular flexibility index (Phi) is 4.31. The van der Waals surface area contributed by atoms with Crippen molar-refractivity contribution >= 4 is 17.4 Å². The number of rotatable bonds is 4. The van der Waals surface area contributed by atoms with Gasteiger partial charge in [0.25, 0.3) is 5.69 Å². The Morgan fingerprint density at radius 3 is 2.27 bits per heavy atom. The van der Waals surface area contributed by atoms with Crippen molar-refractivity contribution in [1.82, 2.24) is 0 Å². The van der Waals surface area contributed by atoms with Crippen molar-refractivity contribution in [3.05, 3.63) is 69.3 Å². The molecule has 0 aliphatic heterocycles. The summed E-state index contributed by atoms with van der Waals surface area (Å²) in [7, 11) is 0. The quantitative estimate of drug-likeness (QED) is 0.284. The highest BCUT2D eigenvalue weighted by molar-refractivity contribution is 5.95. The highest BCUT2D eigenvalue weighted by Crippen LogP contribution is 2.23. The molecule has 0 saturated heterocycles. The summed E-state index contributed by atoms with van der Waals surface area (Å²) >= 11 is 0. The van der Waals surface area contributed by atoms with Gasteiger partial charge in [-0.05, 0) is 44.2 Å². The van der Waals surface area contributed by atoms with Gasteiger partial charge in [-0.2, -0.15) is 0 Å². The lowest BCUT2D eigenvalue weighted by Gasteiger charge is -2.07. The predicted molar refractivity (Wildman–Crippen MR) is 79.2 cm³/mol. The zero-order valence-electron chi connectivity index (χ0n) is 12.0. The number of benzene rings is 2. The Morgan fingerprint density at radius 2 is 1.73 bits per heavy atom. The maximum atomic E-state index is 12.1. The minimum absolute atomic E-state index is 0.0904. The van der Waals surface area contributed by atoms with E-state index in [4.69, 9.17) is 4.74 Å². The van der Waals surface area contributed by atoms with E-state index in [1.807, 2.05) is 0 Å². The van der Waals surface area contributed by atoms with Crippen LogP contribution in [0.3, 0.4) is 0 Å². The summed E-state index contributed by atoms with van der Waals surface area (Å²) < 4.78 is 5.18. The van der Waals surface area contributed by atoms with Crippen LogP contribution >= 0.6 is 0 Å². The van der Waals surface area contributed by atoms with Crippen LogP contribution in [0.25, 0.3) is 0 Å². The number of nitro benzene ring substituents is 1. The van der Waals surface area contributed by atoms with Crippen molar-refractivity contribution in [1.29, 1.82) is 0 Å². The van der Waals surface area contributed by atoms with Gasteiger partial charge in [0, 0.05) is 17.2 Å². The molecule has 2 aromatic rings. The molecule has 0 saturated carbocycles. The van der Waals surface area contributed by atoms with Crippen molar-refractivity contribution in [3.8, 4) is 5.75 Å². The first kappa shape index (κ1) is 15.4. The molecule has 0 bridgehead atoms. The fraction of sp³-hybridized carbons (Fsp3) is 0.125. The molecular weight excluding hydrogens is 286 g/mol. The summed E-state index contributed by atoms with van der Waals surface area (Å²) in [4.78, 5) is 33.6. The zero-order chi connectivity index (χ0) is 16.3. The molecule has 112 valence electrons. The van der Waals surface area contributed by atoms with E-state index in [1.54, 1.807) is 12.1 Å². The average Bonchev–Trinajstić information content (AvgIpc) is 2.47. The van der Waals surface area contributed by atoms with Crippen LogP contribution in [0, 0.1) is 17.0 Å². The summed E-state index contributed by atoms with van der Waals surface area (Å²) in [6.07, 6.45) is 0. The predicted octanol–water partition coefficient (Wildman–Crippen LogP) is 3.33. The molecule has 0 N–H and O–H groups in total. The van der Waals surface area contributed by atoms with Crippen LogP contribution < -0.4 is 4.74 Å². The van der Waals surface area contributed by atoms with E-state index >= 15 is 0 Å². The van der Waals surface area contributed by atoms with Crippen LogP contribution in [0.2, 0.25) is 0 Å². The van der Waals surface area contributed by atoms with Gasteiger partial charge < -0.3 is 4.74 Å². The van der Waals surface area contributed by atoms with Gasteiger partial charge in [-0.1, -0.05) is 6.07 Å². The molecule has 0 aromatic heterocycles. The van der Waals surface area contributed by atoms with E-state index in [0.29, 0.717) is 5.56 Å². The number of ketones is 1. The van der Waals surface area contributed by atoms with Crippen LogP contribution in [0.4, 0.5) is 5.69 Å². The summed E-state index contributed by atoms with van der Waals surface area (Å²) in [6, 6.07) is 10.3. The molecular formula is C16H13NO5. The zero-order valence-corrected chi connectivity index (χ0v) is 12.0. The molecule has 2 aromatic carbocycles. The van der Waals surface area contributed by atoms with Gasteiger partial charge in [0.2, 0.25) is 0 Å². The summed E-state index contributed by atoms with van der Waals surface area (Å²) in [5.41, 5.74) is 0.746. The van der Waals surface area contributed by atoms with Crippen molar-refractivity contribution in [2.24, 2.45) is 0 Å². The third kappa shape index (κ3) is 3.17. The highest BCUT2D eigenvalue weighted by atomic mass is 16.6. The van der Waals surface area contributed by atoms with E-state index in [-0.39, 0.29) is 28.3 Å². The molecule has 0 heterocycles. The topological polar surface area (TPSA) is 86.5 Å². The first-order valence-corrected chi connectivity index (χ1v) is 6.47. The van der Waals surface area contributed by atoms with Gasteiger partial charge in [0.15, 0.2) is 5.78 Å². The minimum Gasteiger partial charge on any atom is -0.423 e. The summed E-state index contributed by atoms with van der Waals surface area (Å²) in [6.45, 7) is 2.93. The smallest absolute Gasteiger partial charge is 0.344 e. The molecule has 22 heavy (non-hydrogen) atoms. The van der Waals surface area contributed by atoms with Gasteiger partial charge in [0.05, 0.1) is 10.5 Å². The second kappa shape index (κ2) is 6.17. The van der Waals surface area contributed by atoms with Gasteiger partial charge in [-0.25, -0.2) is 4.79 Å². The van der Waals surface area contributed by atoms with Crippen LogP contribution in [0.5, 0.6) is 5.75 Å². The second-order valence-corrected chi connectivity index (χ2v) is 4.68. The lowest BCUT2D eigenvalue weighted by Crippen LogP contribution is -2.11. The third-order valence-electron chi connectivity index (χ3n) is 3.19. The molecule has 2 rings (SSSR count). The van der Waals surface area contributed by atoms with E-state index in [9.17, 15) is 19.7 Å². The number of carbonyl (C=O) groups is 2. The maximum absolute atomic E-state index is 12.1. The Morgan fingerprint density at radius 1 is 1.09 bits per heavy atom. The standard InChI is InChI=1S/C16H13NO5/c1-10-14(4-3-5-15(10)17(20)21)16(19)22-13-8-6-12(7-9-13)11(2)18/h3-9H,1-2H3. The molecule has 6 nitrogen and oxygen atoms in total. The van der Waals surface area contributed by atoms with Crippen LogP contribution in [0.1, 0.15) is 33.2 Å². The third-order valence-corrected chi connectivity index (χ3v) is 3.19. The number of nitro groups is 1. The SMILES string of the molecule is CC(=O)c1ccc(OC(=O)c2cccc([N+](=O)[O-])c2C)cc1. The molecule has 0 unspecified atom stereocenters. The normalized spacial score (nSPS) is 10.1. The van der Waals surface area contributed by atoms with Gasteiger partial charge in [-0.15, -0.1) is 0 Å². The summed E-state index contributed by atoms with van der Waals surface area (Å²) in [5, 5.41) is 10.9. The lowest BCUT2D eigenvalue weighted by molar-refractivity contribution is -0.385. The molecule has 0 radical (unpaired) electrons. The highest BCUT2D eigenvalue weighted by Gasteiger charge is 2.19. The molecule has 0 spiro atoms. The number of ether oxygens (including phenoxy) is 1. The van der Waals surface area contributed by atoms with Crippen LogP contribution in [-0.2, 0) is 0 Å². The van der Waals surface area contributed by atoms with Gasteiger partial charge in [0.1, 0.15) is 5.75 Å². The Bertz CT molecular complexity index is 750. The monoisotopic (exact) mass is 299 g/mol. The number of esters is 1. The van der Waals surface area contributed by atoms with Crippen molar-refractivity contribution in [2.45, 2.75) is 13.8 Å². The van der Waals surface area contributed by atoms with Crippen molar-refractivity contribution in [2.75, 3.05) is 0 Å². The van der Waals surface area contributed by atoms with Crippen molar-refractivity contribution < 1.29 is 19.2 Å². The fourth-order valence-electron chi connectivity index (χ4n) is 1.96. The second-order valence-electron chi connectivity index (χ2n) is 4.68. The van der Waals surface area contributed by atoms with E-state index < -0.39 is 10.9 Å². The number of Topliss-reactive ketones (excluding diaryl/α,β-unsaturated/α-hetero) is 1. The molecule has 0 fully saturated rings. The largest absolute Gasteiger partial charge is 0.423 e. The summed E-state index contributed by atoms with van der Waals surface area (Å²) in [5.74, 6) is -0.509. The Labute approximate surface area is 126 Å². The minimum atomic E-state index is -0.684. The Hall–Kier alpha value is -3.02. The number of hydrogen-bond donors (Lipinski definition) is 0. The van der Waals surface area contributed by atoms with Crippen LogP contribution in [0.15, 0.2) is 42.5 Å². The fourth-order valence-corrected chi connectivity index (χ4v) is 1.96. The van der Waals surface area contributed by atoms with Crippen LogP contribution in [-0.4, -0.2) is 16.7 Å². The molecule has 0 aliphatic carbocycles. The average molecular weight is 299 g/mol. The van der Waals surface area contributed by atoms with E-state index in [1.165, 1.54) is 44.2 Å². The Balaban J connectivity index is 2.24. The number of nitrogens with zero attached hydrogens (tertiary/aromatic N) is 1. The lowest BCUT2D eigenvalue weighted by atomic mass is 10.1. The van der Waals surface area contributed by atoms with Gasteiger partial charge in [-0.3, -0.25) is 14.9 Å². The van der Waals surface area contributed by atoms with Crippen molar-refractivity contribution in [3.63, 3.8) is 0 Å².